The predicted molar refractivity (Wildman–Crippen MR) is 83.9 cm³/mol. The summed E-state index contributed by atoms with van der Waals surface area (Å²) in [6.45, 7) is 0. The van der Waals surface area contributed by atoms with Crippen molar-refractivity contribution in [1.82, 2.24) is 0 Å². The lowest BCUT2D eigenvalue weighted by Crippen LogP contribution is -2.01. The molecule has 1 unspecified atom stereocenters. The van der Waals surface area contributed by atoms with E-state index in [0.29, 0.717) is 6.07 Å². The molecule has 19 heavy (non-hydrogen) atoms. The quantitative estimate of drug-likeness (QED) is 0.269. The van der Waals surface area contributed by atoms with Crippen molar-refractivity contribution in [3.05, 3.63) is 67.0 Å². The Hall–Kier alpha value is -0.0800. The minimum absolute atomic E-state index is 0.0570. The zero-order valence-corrected chi connectivity index (χ0v) is 14.6. The summed E-state index contributed by atoms with van der Waals surface area (Å²) in [6, 6.07) is 6.97. The number of halogens is 6. The lowest BCUT2D eigenvalue weighted by molar-refractivity contribution is 0.491. The number of hydrogen-bond acceptors (Lipinski definition) is 0. The lowest BCUT2D eigenvalue weighted by atomic mass is 10.0. The van der Waals surface area contributed by atoms with Gasteiger partial charge in [0, 0.05) is 19.7 Å². The maximum atomic E-state index is 13.7. The van der Waals surface area contributed by atoms with Crippen molar-refractivity contribution in [2.45, 2.75) is 4.83 Å². The van der Waals surface area contributed by atoms with E-state index in [0.717, 1.165) is 19.7 Å². The highest BCUT2D eigenvalue weighted by Gasteiger charge is 2.20. The summed E-state index contributed by atoms with van der Waals surface area (Å²) >= 11 is 8.81. The van der Waals surface area contributed by atoms with Crippen molar-refractivity contribution in [3.63, 3.8) is 0 Å². The highest BCUT2D eigenvalue weighted by atomic mass is 127. The van der Waals surface area contributed by atoms with Crippen molar-refractivity contribution < 1.29 is 13.2 Å². The summed E-state index contributed by atoms with van der Waals surface area (Å²) in [6.07, 6.45) is 0. The standard InChI is InChI=1S/C13H6Br2F3I/c14-9-2-1-6(19)3-7(9)13(15)8-4-11(17)12(18)5-10(8)16/h1-5,13H. The Bertz CT molecular complexity index is 632. The van der Waals surface area contributed by atoms with Crippen molar-refractivity contribution in [3.8, 4) is 0 Å². The van der Waals surface area contributed by atoms with E-state index in [-0.39, 0.29) is 5.56 Å². The van der Waals surface area contributed by atoms with E-state index in [1.165, 1.54) is 0 Å². The van der Waals surface area contributed by atoms with Gasteiger partial charge in [-0.05, 0) is 52.4 Å². The molecule has 0 fully saturated rings. The largest absolute Gasteiger partial charge is 0.207 e. The average Bonchev–Trinajstić information content (AvgIpc) is 2.36. The van der Waals surface area contributed by atoms with E-state index in [4.69, 9.17) is 0 Å². The monoisotopic (exact) mass is 504 g/mol. The predicted octanol–water partition coefficient (Wildman–Crippen LogP) is 5.96. The maximum absolute atomic E-state index is 13.7. The molecule has 0 aliphatic carbocycles. The highest BCUT2D eigenvalue weighted by molar-refractivity contribution is 14.1. The van der Waals surface area contributed by atoms with Crippen LogP contribution in [0.3, 0.4) is 0 Å². The van der Waals surface area contributed by atoms with Gasteiger partial charge in [-0.1, -0.05) is 31.9 Å². The summed E-state index contributed by atoms with van der Waals surface area (Å²) in [4.78, 5) is -0.563. The second kappa shape index (κ2) is 6.13. The van der Waals surface area contributed by atoms with Crippen LogP contribution < -0.4 is 0 Å². The molecule has 0 heterocycles. The molecule has 0 saturated heterocycles. The Balaban J connectivity index is 2.52. The Kier molecular flexibility index (Phi) is 4.94. The molecule has 0 N–H and O–H groups in total. The third-order valence-electron chi connectivity index (χ3n) is 2.54. The molecule has 0 bridgehead atoms. The Morgan fingerprint density at radius 2 is 1.53 bits per heavy atom. The van der Waals surface area contributed by atoms with Crippen LogP contribution in [0.5, 0.6) is 0 Å². The van der Waals surface area contributed by atoms with Crippen molar-refractivity contribution in [1.29, 1.82) is 0 Å². The molecule has 6 heteroatoms. The summed E-state index contributed by atoms with van der Waals surface area (Å²) in [5.41, 5.74) is 0.804. The van der Waals surface area contributed by atoms with Crippen LogP contribution in [0.4, 0.5) is 13.2 Å². The Morgan fingerprint density at radius 3 is 2.21 bits per heavy atom. The molecular weight excluding hydrogens is 500 g/mol. The molecule has 100 valence electrons. The van der Waals surface area contributed by atoms with Gasteiger partial charge >= 0.3 is 0 Å². The van der Waals surface area contributed by atoms with Gasteiger partial charge < -0.3 is 0 Å². The van der Waals surface area contributed by atoms with Gasteiger partial charge in [0.05, 0.1) is 4.83 Å². The molecular formula is C13H6Br2F3I. The zero-order valence-electron chi connectivity index (χ0n) is 9.23. The molecule has 2 aromatic rings. The first kappa shape index (κ1) is 15.3. The molecule has 2 rings (SSSR count). The first-order valence-corrected chi connectivity index (χ1v) is 7.92. The van der Waals surface area contributed by atoms with Crippen molar-refractivity contribution >= 4 is 54.5 Å². The van der Waals surface area contributed by atoms with Crippen LogP contribution in [0.2, 0.25) is 0 Å². The smallest absolute Gasteiger partial charge is 0.161 e. The third-order valence-corrected chi connectivity index (χ3v) is 4.92. The van der Waals surface area contributed by atoms with Gasteiger partial charge in [0.25, 0.3) is 0 Å². The summed E-state index contributed by atoms with van der Waals surface area (Å²) in [5.74, 6) is -3.04. The number of hydrogen-bond donors (Lipinski definition) is 0. The van der Waals surface area contributed by atoms with Crippen molar-refractivity contribution in [2.24, 2.45) is 0 Å². The van der Waals surface area contributed by atoms with Gasteiger partial charge in [-0.2, -0.15) is 0 Å². The Morgan fingerprint density at radius 1 is 0.895 bits per heavy atom. The lowest BCUT2D eigenvalue weighted by Gasteiger charge is -2.14. The van der Waals surface area contributed by atoms with Gasteiger partial charge in [-0.25, -0.2) is 13.2 Å². The molecule has 2 aromatic carbocycles. The van der Waals surface area contributed by atoms with E-state index in [1.807, 2.05) is 18.2 Å². The fourth-order valence-corrected chi connectivity index (χ4v) is 3.64. The van der Waals surface area contributed by atoms with Crippen molar-refractivity contribution in [2.75, 3.05) is 0 Å². The summed E-state index contributed by atoms with van der Waals surface area (Å²) < 4.78 is 41.6. The molecule has 0 amide bonds. The number of alkyl halides is 1. The second-order valence-corrected chi connectivity index (χ2v) is 6.83. The van der Waals surface area contributed by atoms with Crippen LogP contribution in [-0.4, -0.2) is 0 Å². The zero-order chi connectivity index (χ0) is 14.2. The number of rotatable bonds is 2. The van der Waals surface area contributed by atoms with Gasteiger partial charge in [0.2, 0.25) is 0 Å². The first-order chi connectivity index (χ1) is 8.90. The second-order valence-electron chi connectivity index (χ2n) is 3.82. The van der Waals surface area contributed by atoms with E-state index in [9.17, 15) is 13.2 Å². The van der Waals surface area contributed by atoms with Gasteiger partial charge in [-0.3, -0.25) is 0 Å². The normalized spacial score (nSPS) is 12.5. The van der Waals surface area contributed by atoms with Gasteiger partial charge in [0.15, 0.2) is 11.6 Å². The van der Waals surface area contributed by atoms with E-state index in [1.54, 1.807) is 0 Å². The Labute approximate surface area is 138 Å². The van der Waals surface area contributed by atoms with E-state index < -0.39 is 22.3 Å². The SMILES string of the molecule is Fc1cc(F)c(C(Br)c2cc(I)ccc2Br)cc1F. The fourth-order valence-electron chi connectivity index (χ4n) is 1.61. The molecule has 1 atom stereocenters. The van der Waals surface area contributed by atoms with Crippen LogP contribution in [-0.2, 0) is 0 Å². The highest BCUT2D eigenvalue weighted by Crippen LogP contribution is 2.37. The fraction of sp³-hybridized carbons (Fsp3) is 0.0769. The van der Waals surface area contributed by atoms with Gasteiger partial charge in [0.1, 0.15) is 5.82 Å². The van der Waals surface area contributed by atoms with E-state index in [2.05, 4.69) is 54.5 Å². The average molecular weight is 506 g/mol. The van der Waals surface area contributed by atoms with Crippen LogP contribution in [0.15, 0.2) is 34.8 Å². The topological polar surface area (TPSA) is 0 Å². The first-order valence-electron chi connectivity index (χ1n) is 5.13. The summed E-state index contributed by atoms with van der Waals surface area (Å²) in [7, 11) is 0. The van der Waals surface area contributed by atoms with Gasteiger partial charge in [-0.15, -0.1) is 0 Å². The van der Waals surface area contributed by atoms with Crippen LogP contribution in [0, 0.1) is 21.0 Å². The minimum atomic E-state index is -1.19. The molecule has 0 aliphatic heterocycles. The molecule has 0 nitrogen and oxygen atoms in total. The van der Waals surface area contributed by atoms with Crippen LogP contribution in [0.1, 0.15) is 16.0 Å². The number of benzene rings is 2. The third kappa shape index (κ3) is 3.33. The molecule has 0 saturated carbocycles. The minimum Gasteiger partial charge on any atom is -0.207 e. The van der Waals surface area contributed by atoms with Crippen LogP contribution in [0.25, 0.3) is 0 Å². The molecule has 0 spiro atoms. The summed E-state index contributed by atoms with van der Waals surface area (Å²) in [5, 5.41) is 0. The molecule has 0 aliphatic rings. The maximum Gasteiger partial charge on any atom is 0.161 e. The molecule has 0 radical (unpaired) electrons. The van der Waals surface area contributed by atoms with Crippen LogP contribution >= 0.6 is 54.5 Å². The molecule has 0 aromatic heterocycles. The van der Waals surface area contributed by atoms with E-state index >= 15 is 0 Å².